The molecule has 1 aromatic heterocycles. The van der Waals surface area contributed by atoms with E-state index in [0.717, 1.165) is 11.4 Å². The summed E-state index contributed by atoms with van der Waals surface area (Å²) in [5.41, 5.74) is 0.471. The van der Waals surface area contributed by atoms with Gasteiger partial charge in [0.05, 0.1) is 10.5 Å². The van der Waals surface area contributed by atoms with Crippen LogP contribution in [0.3, 0.4) is 0 Å². The molecular formula is C14H17N3O6. The highest BCUT2D eigenvalue weighted by atomic mass is 17.0. The predicted octanol–water partition coefficient (Wildman–Crippen LogP) is 0.353. The lowest BCUT2D eigenvalue weighted by molar-refractivity contribution is -0.138. The van der Waals surface area contributed by atoms with Crippen molar-refractivity contribution in [2.24, 2.45) is 0 Å². The number of carbonyl (C=O) groups is 2. The molecular weight excluding hydrogens is 306 g/mol. The average molecular weight is 323 g/mol. The molecule has 1 aliphatic rings. The van der Waals surface area contributed by atoms with Crippen molar-refractivity contribution in [1.29, 1.82) is 0 Å². The van der Waals surface area contributed by atoms with Gasteiger partial charge in [-0.25, -0.2) is 14.6 Å². The van der Waals surface area contributed by atoms with Crippen LogP contribution < -0.4 is 9.85 Å². The zero-order chi connectivity index (χ0) is 16.2. The number of carboxylic acids is 1. The highest BCUT2D eigenvalue weighted by Crippen LogP contribution is 2.17. The highest BCUT2D eigenvalue weighted by Gasteiger charge is 2.36. The summed E-state index contributed by atoms with van der Waals surface area (Å²) in [7, 11) is 0. The van der Waals surface area contributed by atoms with E-state index in [1.165, 1.54) is 4.96 Å². The van der Waals surface area contributed by atoms with Crippen LogP contribution in [0.1, 0.15) is 23.2 Å². The van der Waals surface area contributed by atoms with Gasteiger partial charge in [0, 0.05) is 6.54 Å². The molecule has 0 amide bonds. The fraction of sp³-hybridized carbons (Fsp3) is 0.429. The lowest BCUT2D eigenvalue weighted by Crippen LogP contribution is -2.42. The first kappa shape index (κ1) is 15.1. The number of carboxylic acid groups (broad SMARTS) is 1. The zero-order valence-electron chi connectivity index (χ0n) is 12.3. The fourth-order valence-corrected chi connectivity index (χ4v) is 2.37. The van der Waals surface area contributed by atoms with Gasteiger partial charge in [-0.05, 0) is 25.0 Å². The van der Waals surface area contributed by atoms with Gasteiger partial charge in [-0.15, -0.1) is 0 Å². The van der Waals surface area contributed by atoms with Crippen LogP contribution in [-0.4, -0.2) is 52.8 Å². The minimum absolute atomic E-state index is 0.0593. The molecule has 9 nitrogen and oxygen atoms in total. The zero-order valence-corrected chi connectivity index (χ0v) is 12.3. The molecule has 0 aliphatic carbocycles. The van der Waals surface area contributed by atoms with Crippen molar-refractivity contribution in [3.63, 3.8) is 0 Å². The van der Waals surface area contributed by atoms with E-state index in [0.29, 0.717) is 18.5 Å². The molecule has 3 rings (SSSR count). The van der Waals surface area contributed by atoms with Crippen LogP contribution in [0.2, 0.25) is 0 Å². The Morgan fingerprint density at radius 1 is 1.26 bits per heavy atom. The van der Waals surface area contributed by atoms with Crippen molar-refractivity contribution in [2.45, 2.75) is 18.9 Å². The van der Waals surface area contributed by atoms with Gasteiger partial charge in [0.1, 0.15) is 17.7 Å². The lowest BCUT2D eigenvalue weighted by Gasteiger charge is -2.15. The molecule has 2 heterocycles. The third-order valence-corrected chi connectivity index (χ3v) is 3.51. The summed E-state index contributed by atoms with van der Waals surface area (Å²) in [5.74, 6) is -1.32. The quantitative estimate of drug-likeness (QED) is 0.580. The fourth-order valence-electron chi connectivity index (χ4n) is 2.37. The van der Waals surface area contributed by atoms with Gasteiger partial charge in [-0.1, -0.05) is 18.2 Å². The number of aliphatic carboxylic acids is 1. The normalized spacial score (nSPS) is 17.4. The van der Waals surface area contributed by atoms with E-state index in [2.05, 4.69) is 0 Å². The monoisotopic (exact) mass is 323 g/mol. The van der Waals surface area contributed by atoms with E-state index in [-0.39, 0.29) is 13.2 Å². The molecule has 0 saturated carbocycles. The van der Waals surface area contributed by atoms with Crippen LogP contribution in [0.15, 0.2) is 35.0 Å². The molecule has 0 unspecified atom stereocenters. The maximum Gasteiger partial charge on any atom is 0.338 e. The number of rotatable bonds is 7. The Hall–Kier alpha value is -2.84. The molecule has 23 heavy (non-hydrogen) atoms. The van der Waals surface area contributed by atoms with E-state index in [1.807, 2.05) is 6.07 Å². The molecule has 1 atom stereocenters. The number of carbonyl (C=O) groups excluding carboxylic acids is 1. The third-order valence-electron chi connectivity index (χ3n) is 3.51. The van der Waals surface area contributed by atoms with Gasteiger partial charge in [-0.2, -0.15) is 4.63 Å². The number of aromatic nitrogens is 2. The van der Waals surface area contributed by atoms with Gasteiger partial charge in [-0.3, -0.25) is 0 Å². The van der Waals surface area contributed by atoms with E-state index in [1.54, 1.807) is 29.3 Å². The van der Waals surface area contributed by atoms with Crippen LogP contribution in [0.5, 0.6) is 0 Å². The summed E-state index contributed by atoms with van der Waals surface area (Å²) in [6.07, 6.45) is 1.34. The van der Waals surface area contributed by atoms with Gasteiger partial charge in [0.15, 0.2) is 6.61 Å². The van der Waals surface area contributed by atoms with Crippen molar-refractivity contribution in [3.8, 4) is 0 Å². The van der Waals surface area contributed by atoms with Crippen LogP contribution >= 0.6 is 0 Å². The number of benzene rings is 1. The van der Waals surface area contributed by atoms with Crippen molar-refractivity contribution >= 4 is 11.9 Å². The maximum atomic E-state index is 11.7. The van der Waals surface area contributed by atoms with Crippen LogP contribution in [0.25, 0.3) is 0 Å². The van der Waals surface area contributed by atoms with Crippen molar-refractivity contribution in [3.05, 3.63) is 35.9 Å². The highest BCUT2D eigenvalue weighted by molar-refractivity contribution is 5.89. The minimum atomic E-state index is -0.894. The Morgan fingerprint density at radius 2 is 2.04 bits per heavy atom. The number of nitrogens with zero attached hydrogens (tertiary/aromatic N) is 3. The first-order chi connectivity index (χ1) is 11.2. The van der Waals surface area contributed by atoms with Crippen LogP contribution in [0.4, 0.5) is 0 Å². The second-order valence-electron chi connectivity index (χ2n) is 5.07. The topological polar surface area (TPSA) is 99.1 Å². The second kappa shape index (κ2) is 6.51. The Labute approximate surface area is 131 Å². The summed E-state index contributed by atoms with van der Waals surface area (Å²) in [6.45, 7) is 0.740. The van der Waals surface area contributed by atoms with E-state index >= 15 is 0 Å². The number of ether oxygens (including phenoxy) is 1. The van der Waals surface area contributed by atoms with E-state index < -0.39 is 18.0 Å². The molecule has 0 spiro atoms. The number of hydrogen-bond donors (Lipinski definition) is 1. The molecule has 1 aliphatic heterocycles. The molecule has 0 radical (unpaired) electrons. The summed E-state index contributed by atoms with van der Waals surface area (Å²) in [5, 5.41) is 11.7. The Kier molecular flexibility index (Phi) is 4.26. The molecule has 124 valence electrons. The molecule has 1 aromatic carbocycles. The van der Waals surface area contributed by atoms with Crippen molar-refractivity contribution < 1.29 is 28.9 Å². The predicted molar refractivity (Wildman–Crippen MR) is 76.6 cm³/mol. The first-order valence-corrected chi connectivity index (χ1v) is 7.29. The van der Waals surface area contributed by atoms with Crippen LogP contribution in [-0.2, 0) is 9.53 Å². The van der Waals surface area contributed by atoms with Crippen molar-refractivity contribution in [2.75, 3.05) is 24.8 Å². The summed E-state index contributed by atoms with van der Waals surface area (Å²) >= 11 is 0. The number of hydrogen-bond acceptors (Lipinski definition) is 6. The van der Waals surface area contributed by atoms with Gasteiger partial charge < -0.3 is 14.7 Å². The van der Waals surface area contributed by atoms with E-state index in [9.17, 15) is 9.59 Å². The Bertz CT molecular complexity index is 658. The van der Waals surface area contributed by atoms with Gasteiger partial charge in [0.25, 0.3) is 0 Å². The Balaban J connectivity index is 1.40. The molecule has 1 saturated heterocycles. The van der Waals surface area contributed by atoms with Crippen molar-refractivity contribution in [1.82, 2.24) is 9.98 Å². The second-order valence-corrected chi connectivity index (χ2v) is 5.07. The standard InChI is InChI=1S/C14H17N3O6/c18-13(19)12-7-4-8-15(12)16-17(23-16)22-10-9-21-14(20)11-5-2-1-3-6-11/h1-3,5-6,12H,4,7-10H2,(H,18,19)/t12-,16?,17?/m0/s1. The molecule has 0 bridgehead atoms. The summed E-state index contributed by atoms with van der Waals surface area (Å²) in [6, 6.07) is 8.04. The van der Waals surface area contributed by atoms with Gasteiger partial charge >= 0.3 is 11.9 Å². The molecule has 2 aromatic rings. The lowest BCUT2D eigenvalue weighted by atomic mass is 10.2. The molecule has 1 N–H and O–H groups in total. The van der Waals surface area contributed by atoms with Gasteiger partial charge in [0.2, 0.25) is 0 Å². The molecule has 9 heteroatoms. The summed E-state index contributed by atoms with van der Waals surface area (Å²) in [4.78, 5) is 29.2. The SMILES string of the molecule is O=C(OCCOn1on1N1CCC[C@H]1C(=O)O)c1ccccc1. The molecule has 1 fully saturated rings. The van der Waals surface area contributed by atoms with Crippen LogP contribution in [0, 0.1) is 0 Å². The Morgan fingerprint density at radius 3 is 2.78 bits per heavy atom. The smallest absolute Gasteiger partial charge is 0.338 e. The summed E-state index contributed by atoms with van der Waals surface area (Å²) < 4.78 is 10.1. The third kappa shape index (κ3) is 3.50. The maximum absolute atomic E-state index is 11.7. The average Bonchev–Trinajstić information content (AvgIpc) is 3.15. The largest absolute Gasteiger partial charge is 0.480 e. The first-order valence-electron chi connectivity index (χ1n) is 7.29. The minimum Gasteiger partial charge on any atom is -0.480 e. The number of esters is 1. The van der Waals surface area contributed by atoms with E-state index in [4.69, 9.17) is 19.3 Å².